The number of allylic oxidation sites excluding steroid dienone is 3. The topological polar surface area (TPSA) is 184 Å². The molecule has 0 N–H and O–H groups in total. The SMILES string of the molecule is C=C(C)C(=O)OCCOC(=O)CCC(=O)OC/C=C\C(=C(C)C)C1(c2ccc(OC(=O)CCC(=O)OCCOC(=O)C(=C)C)cc2)c2ccccc2-c2nc3cc(C)c(C)cc3nc21. The van der Waals surface area contributed by atoms with Crippen molar-refractivity contribution in [2.45, 2.75) is 72.6 Å². The van der Waals surface area contributed by atoms with Crippen molar-refractivity contribution in [2.75, 3.05) is 33.0 Å². The number of ether oxygens (including phenoxy) is 6. The van der Waals surface area contributed by atoms with Crippen molar-refractivity contribution in [3.8, 4) is 17.0 Å². The normalized spacial score (nSPS) is 13.6. The average molecular weight is 873 g/mol. The summed E-state index contributed by atoms with van der Waals surface area (Å²) >= 11 is 0. The molecule has 14 heteroatoms. The average Bonchev–Trinajstić information content (AvgIpc) is 3.53. The second-order valence-corrected chi connectivity index (χ2v) is 15.4. The third-order valence-electron chi connectivity index (χ3n) is 10.2. The number of aryl methyl sites for hydroxylation is 2. The number of esters is 6. The summed E-state index contributed by atoms with van der Waals surface area (Å²) in [6, 6.07) is 19.1. The highest BCUT2D eigenvalue weighted by atomic mass is 16.6. The van der Waals surface area contributed by atoms with E-state index >= 15 is 0 Å². The minimum atomic E-state index is -1.04. The number of rotatable bonds is 20. The van der Waals surface area contributed by atoms with E-state index in [0.29, 0.717) is 16.9 Å². The second kappa shape index (κ2) is 21.7. The first-order valence-electron chi connectivity index (χ1n) is 20.7. The van der Waals surface area contributed by atoms with E-state index < -0.39 is 41.2 Å². The van der Waals surface area contributed by atoms with E-state index in [1.807, 2.05) is 82.3 Å². The summed E-state index contributed by atoms with van der Waals surface area (Å²) in [5.41, 5.74) is 8.78. The minimum Gasteiger partial charge on any atom is -0.462 e. The summed E-state index contributed by atoms with van der Waals surface area (Å²) < 4.78 is 31.0. The predicted molar refractivity (Wildman–Crippen MR) is 237 cm³/mol. The Morgan fingerprint density at radius 1 is 0.625 bits per heavy atom. The molecule has 4 aromatic rings. The van der Waals surface area contributed by atoms with Crippen LogP contribution < -0.4 is 4.74 Å². The summed E-state index contributed by atoms with van der Waals surface area (Å²) in [4.78, 5) is 83.5. The van der Waals surface area contributed by atoms with Crippen LogP contribution in [-0.2, 0) is 57.9 Å². The highest BCUT2D eigenvalue weighted by Gasteiger charge is 2.49. The summed E-state index contributed by atoms with van der Waals surface area (Å²) in [7, 11) is 0. The number of carbonyl (C=O) groups excluding carboxylic acids is 6. The largest absolute Gasteiger partial charge is 0.462 e. The Labute approximate surface area is 372 Å². The molecule has 1 aromatic heterocycles. The van der Waals surface area contributed by atoms with Gasteiger partial charge in [-0.25, -0.2) is 19.6 Å². The Hall–Kier alpha value is -7.22. The first-order chi connectivity index (χ1) is 30.5. The highest BCUT2D eigenvalue weighted by Crippen LogP contribution is 2.56. The number of aromatic nitrogens is 2. The van der Waals surface area contributed by atoms with Crippen LogP contribution in [0.25, 0.3) is 22.3 Å². The van der Waals surface area contributed by atoms with Gasteiger partial charge in [-0.05, 0) is 99.7 Å². The Morgan fingerprint density at radius 3 is 1.67 bits per heavy atom. The molecule has 3 aromatic carbocycles. The lowest BCUT2D eigenvalue weighted by molar-refractivity contribution is -0.152. The fourth-order valence-electron chi connectivity index (χ4n) is 7.01. The van der Waals surface area contributed by atoms with Gasteiger partial charge in [-0.3, -0.25) is 19.2 Å². The van der Waals surface area contributed by atoms with Crippen LogP contribution in [0, 0.1) is 13.8 Å². The summed E-state index contributed by atoms with van der Waals surface area (Å²) in [5, 5.41) is 0. The van der Waals surface area contributed by atoms with Crippen molar-refractivity contribution in [2.24, 2.45) is 0 Å². The molecular formula is C50H52N2O12. The number of benzene rings is 3. The second-order valence-electron chi connectivity index (χ2n) is 15.4. The van der Waals surface area contributed by atoms with Crippen molar-refractivity contribution in [3.05, 3.63) is 136 Å². The molecule has 64 heavy (non-hydrogen) atoms. The van der Waals surface area contributed by atoms with Crippen molar-refractivity contribution < 1.29 is 57.2 Å². The quantitative estimate of drug-likeness (QED) is 0.0209. The lowest BCUT2D eigenvalue weighted by Gasteiger charge is -2.34. The fraction of sp³-hybridized carbons (Fsp3) is 0.320. The van der Waals surface area contributed by atoms with E-state index in [2.05, 4.69) is 13.2 Å². The van der Waals surface area contributed by atoms with Crippen LogP contribution in [0.3, 0.4) is 0 Å². The number of hydrogen-bond acceptors (Lipinski definition) is 14. The zero-order chi connectivity index (χ0) is 46.6. The molecule has 5 rings (SSSR count). The van der Waals surface area contributed by atoms with Gasteiger partial charge in [0.25, 0.3) is 0 Å². The van der Waals surface area contributed by atoms with Crippen LogP contribution in [-0.4, -0.2) is 78.8 Å². The summed E-state index contributed by atoms with van der Waals surface area (Å²) in [6.07, 6.45) is 2.73. The van der Waals surface area contributed by atoms with Crippen LogP contribution in [0.5, 0.6) is 5.75 Å². The van der Waals surface area contributed by atoms with Crippen LogP contribution in [0.15, 0.2) is 108 Å². The third kappa shape index (κ3) is 11.6. The van der Waals surface area contributed by atoms with Gasteiger partial charge in [-0.2, -0.15) is 0 Å². The van der Waals surface area contributed by atoms with Crippen molar-refractivity contribution in [1.29, 1.82) is 0 Å². The first kappa shape index (κ1) is 47.8. The molecule has 0 bridgehead atoms. The van der Waals surface area contributed by atoms with Crippen molar-refractivity contribution >= 4 is 46.8 Å². The predicted octanol–water partition coefficient (Wildman–Crippen LogP) is 7.79. The van der Waals surface area contributed by atoms with Gasteiger partial charge in [0.1, 0.15) is 38.8 Å². The molecule has 0 saturated heterocycles. The zero-order valence-electron chi connectivity index (χ0n) is 37.0. The smallest absolute Gasteiger partial charge is 0.333 e. The van der Waals surface area contributed by atoms with Gasteiger partial charge in [0, 0.05) is 16.7 Å². The lowest BCUT2D eigenvalue weighted by atomic mass is 9.67. The van der Waals surface area contributed by atoms with E-state index in [1.54, 1.807) is 18.2 Å². The number of fused-ring (bicyclic) bond motifs is 4. The molecule has 1 aliphatic carbocycles. The maximum absolute atomic E-state index is 12.9. The Morgan fingerprint density at radius 2 is 1.12 bits per heavy atom. The molecule has 1 atom stereocenters. The Kier molecular flexibility index (Phi) is 16.2. The maximum atomic E-state index is 12.9. The number of hydrogen-bond donors (Lipinski definition) is 0. The van der Waals surface area contributed by atoms with Gasteiger partial charge in [0.05, 0.1) is 53.5 Å². The molecule has 0 radical (unpaired) electrons. The summed E-state index contributed by atoms with van der Waals surface area (Å²) in [6.45, 7) is 17.3. The van der Waals surface area contributed by atoms with Gasteiger partial charge in [0.2, 0.25) is 0 Å². The molecular weight excluding hydrogens is 821 g/mol. The first-order valence-corrected chi connectivity index (χ1v) is 20.7. The molecule has 14 nitrogen and oxygen atoms in total. The van der Waals surface area contributed by atoms with Gasteiger partial charge >= 0.3 is 35.8 Å². The van der Waals surface area contributed by atoms with E-state index in [1.165, 1.54) is 13.8 Å². The Bertz CT molecular complexity index is 2550. The van der Waals surface area contributed by atoms with E-state index in [-0.39, 0.29) is 75.6 Å². The summed E-state index contributed by atoms with van der Waals surface area (Å²) in [5.74, 6) is -3.46. The van der Waals surface area contributed by atoms with Gasteiger partial charge < -0.3 is 28.4 Å². The molecule has 0 fully saturated rings. The molecule has 0 spiro atoms. The monoisotopic (exact) mass is 872 g/mol. The molecule has 1 aliphatic rings. The van der Waals surface area contributed by atoms with Crippen LogP contribution >= 0.6 is 0 Å². The molecule has 0 saturated carbocycles. The molecule has 1 unspecified atom stereocenters. The van der Waals surface area contributed by atoms with Gasteiger partial charge in [-0.15, -0.1) is 0 Å². The van der Waals surface area contributed by atoms with Crippen molar-refractivity contribution in [3.63, 3.8) is 0 Å². The van der Waals surface area contributed by atoms with Crippen molar-refractivity contribution in [1.82, 2.24) is 9.97 Å². The molecule has 334 valence electrons. The lowest BCUT2D eigenvalue weighted by Crippen LogP contribution is -2.31. The van der Waals surface area contributed by atoms with Crippen LogP contribution in [0.4, 0.5) is 0 Å². The van der Waals surface area contributed by atoms with Gasteiger partial charge in [0.15, 0.2) is 0 Å². The minimum absolute atomic E-state index is 0.0983. The fourth-order valence-corrected chi connectivity index (χ4v) is 7.01. The molecule has 1 heterocycles. The van der Waals surface area contributed by atoms with Gasteiger partial charge in [-0.1, -0.05) is 61.2 Å². The maximum Gasteiger partial charge on any atom is 0.333 e. The Balaban J connectivity index is 1.38. The van der Waals surface area contributed by atoms with E-state index in [4.69, 9.17) is 38.4 Å². The standard InChI is InChI=1S/C50H52N2O12/c1-30(2)38(14-11-23-59-42(53)19-20-43(54)60-24-26-62-48(57)31(3)4)50(39-13-10-9-12-37(39)46-47(50)52-41-29-34(8)33(7)28-40(41)51-46)35-15-17-36(18-16-35)64-45(56)22-21-44(55)61-25-27-63-49(58)32(5)6/h9-18,28-29H,3,5,19-27H2,1-2,4,6-8H3/b14-11-. The van der Waals surface area contributed by atoms with Crippen LogP contribution in [0.2, 0.25) is 0 Å². The van der Waals surface area contributed by atoms with E-state index in [0.717, 1.165) is 44.5 Å². The van der Waals surface area contributed by atoms with Crippen LogP contribution in [0.1, 0.15) is 81.3 Å². The number of carbonyl (C=O) groups is 6. The molecule has 0 aliphatic heterocycles. The third-order valence-corrected chi connectivity index (χ3v) is 10.2. The zero-order valence-corrected chi connectivity index (χ0v) is 37.0. The highest BCUT2D eigenvalue weighted by molar-refractivity contribution is 5.89. The molecule has 0 amide bonds. The van der Waals surface area contributed by atoms with E-state index in [9.17, 15) is 28.8 Å². The number of nitrogens with zero attached hydrogens (tertiary/aromatic N) is 2.